The van der Waals surface area contributed by atoms with Gasteiger partial charge in [-0.25, -0.2) is 19.2 Å². The van der Waals surface area contributed by atoms with Crippen molar-refractivity contribution >= 4 is 22.6 Å². The summed E-state index contributed by atoms with van der Waals surface area (Å²) in [5, 5.41) is 80.3. The highest BCUT2D eigenvalue weighted by molar-refractivity contribution is 14.1. The molecule has 0 spiro atoms. The van der Waals surface area contributed by atoms with Crippen LogP contribution in [0.2, 0.25) is 5.65 Å². The van der Waals surface area contributed by atoms with Gasteiger partial charge in [0.25, 0.3) is 0 Å². The minimum absolute atomic E-state index is 0.100. The van der Waals surface area contributed by atoms with E-state index in [4.69, 9.17) is 24.6 Å². The van der Waals surface area contributed by atoms with Crippen LogP contribution < -0.4 is 41.7 Å². The molecule has 0 bridgehead atoms. The van der Waals surface area contributed by atoms with E-state index in [0.717, 1.165) is 96.5 Å². The highest BCUT2D eigenvalue weighted by Crippen LogP contribution is 2.42. The fraction of sp³-hybridized carbons (Fsp3) is 0.304. The number of hydrogen-bond acceptors (Lipinski definition) is 28. The van der Waals surface area contributed by atoms with Crippen molar-refractivity contribution in [3.63, 3.8) is 0 Å². The van der Waals surface area contributed by atoms with Crippen molar-refractivity contribution in [2.75, 3.05) is 0 Å². The number of hydrogen-bond donors (Lipinski definition) is 4. The second-order valence-corrected chi connectivity index (χ2v) is 19.2. The summed E-state index contributed by atoms with van der Waals surface area (Å²) in [6.45, 7) is 4.26. The second kappa shape index (κ2) is 26.9. The van der Waals surface area contributed by atoms with Gasteiger partial charge in [0.2, 0.25) is 23.5 Å². The third-order valence-electron chi connectivity index (χ3n) is 12.3. The number of aryl methyl sites for hydroxylation is 6. The lowest BCUT2D eigenvalue weighted by molar-refractivity contribution is 0.290. The number of nitrogens with zero attached hydrogens (tertiary/aromatic N) is 28. The van der Waals surface area contributed by atoms with Gasteiger partial charge in [0.15, 0.2) is 28.9 Å². The van der Waals surface area contributed by atoms with Crippen LogP contribution in [0.25, 0.3) is 23.3 Å². The molecule has 41 heteroatoms. The maximum absolute atomic E-state index is 12.1. The minimum atomic E-state index is -0.437. The fourth-order valence-corrected chi connectivity index (χ4v) is 8.14. The highest BCUT2D eigenvalue weighted by Gasteiger charge is 2.30. The first-order valence-corrected chi connectivity index (χ1v) is 26.6. The van der Waals surface area contributed by atoms with Crippen LogP contribution in [-0.2, 0) is 61.0 Å². The molecule has 40 nitrogen and oxygen atoms in total. The average Bonchev–Trinajstić information content (AvgIpc) is 2.00. The van der Waals surface area contributed by atoms with E-state index >= 15 is 0 Å². The van der Waals surface area contributed by atoms with E-state index in [1.54, 1.807) is 49.1 Å². The number of H-pyrrole nitrogens is 4. The molecule has 12 aromatic rings. The molecule has 12 heterocycles. The first-order valence-electron chi connectivity index (χ1n) is 27.3. The van der Waals surface area contributed by atoms with Gasteiger partial charge in [0.05, 0.1) is 30.4 Å². The maximum Gasteiger partial charge on any atom is 0.369 e. The molecule has 4 N–H and O–H groups in total. The Labute approximate surface area is 504 Å². The summed E-state index contributed by atoms with van der Waals surface area (Å²) in [5.74, 6) is 2.68. The highest BCUT2D eigenvalue weighted by atomic mass is 127. The molecule has 0 amide bonds. The van der Waals surface area contributed by atoms with Crippen LogP contribution in [0.3, 0.4) is 0 Å². The molecule has 0 radical (unpaired) electrons. The van der Waals surface area contributed by atoms with E-state index in [1.807, 2.05) is 13.8 Å². The van der Waals surface area contributed by atoms with Crippen molar-refractivity contribution in [3.8, 4) is 46.8 Å². The van der Waals surface area contributed by atoms with Gasteiger partial charge in [-0.05, 0) is 113 Å². The Balaban J connectivity index is 0.000000133. The molecule has 0 aromatic carbocycles. The first-order chi connectivity index (χ1) is 43.8. The number of ether oxygens (including phenoxy) is 4. The van der Waals surface area contributed by atoms with Crippen molar-refractivity contribution in [1.82, 2.24) is 161 Å². The van der Waals surface area contributed by atoms with Gasteiger partial charge in [-0.15, -0.1) is 59.5 Å². The summed E-state index contributed by atoms with van der Waals surface area (Å²) in [5.41, 5.74) is 3.60. The lowest BCUT2D eigenvalue weighted by atomic mass is 10.1. The average molecular weight is 1310 g/mol. The molecule has 13 rings (SSSR count). The van der Waals surface area contributed by atoms with Crippen molar-refractivity contribution in [1.29, 1.82) is 0 Å². The van der Waals surface area contributed by atoms with Crippen molar-refractivity contribution in [2.45, 2.75) is 65.5 Å². The molecular weight excluding hydrogens is 1260 g/mol. The Morgan fingerprint density at radius 1 is 0.483 bits per heavy atom. The molecule has 0 saturated heterocycles. The van der Waals surface area contributed by atoms with Gasteiger partial charge >= 0.3 is 22.8 Å². The first kappa shape index (κ1) is 53.6. The summed E-state index contributed by atoms with van der Waals surface area (Å²) in [7, 11) is 6.00. The Bertz CT molecular complexity index is 4600. The third kappa shape index (κ3) is 13.7. The van der Waals surface area contributed by atoms with E-state index in [0.29, 0.717) is 58.4 Å². The minimum Gasteiger partial charge on any atom is -0.472 e. The predicted octanol–water partition coefficient (Wildman–Crippen LogP) is -1.41. The molecule has 0 aliphatic heterocycles. The molecule has 0 atom stereocenters. The van der Waals surface area contributed by atoms with E-state index in [2.05, 4.69) is 125 Å². The topological polar surface area (TPSA) is 466 Å². The third-order valence-corrected chi connectivity index (χ3v) is 13.3. The number of aromatic amines is 4. The molecule has 12 aromatic heterocycles. The van der Waals surface area contributed by atoms with Crippen LogP contribution in [0, 0.1) is 10.5 Å². The molecular formula is C46H49IN32O8. The molecule has 1 fully saturated rings. The van der Waals surface area contributed by atoms with E-state index in [1.165, 1.54) is 53.0 Å². The molecule has 1 aliphatic carbocycles. The second-order valence-electron chi connectivity index (χ2n) is 18.0. The van der Waals surface area contributed by atoms with Crippen LogP contribution in [0.5, 0.6) is 23.5 Å². The quantitative estimate of drug-likeness (QED) is 0.0717. The standard InChI is InChI=1S/C13H14N8O2.C12H14N8O2.C11H12N8O2.C10H9IN8O2/c1-20-13(22)21(19-18-20)12-10(7-23-11-4-5-14-16-11)9(6-15-17-12)8-2-3-8;1-3-8-6-14-16-11(20-12(21)19(2)17-18-20)9(8)7-22-10-4-5-13-15-10;1-7-5-13-15-10(19-11(20)18(2)16-17-19)8(7)6-21-9-3-4-12-14-9;1-18-10(20)19(17-16-18)9-6(7(11)4-13-15-9)5-21-8-2-3-12-14-8/h4-6,8H,2-3,7H2,1H3,(H,14,16);4-6H,3,7H2,1-2H3,(H,13,15);3-5H,6H2,1-2H3,(H,12,14);2-4H,5H2,1H3,(H,12,14)/i/hT4. The zero-order valence-electron chi connectivity index (χ0n) is 50.4. The molecule has 1 aliphatic rings. The summed E-state index contributed by atoms with van der Waals surface area (Å²) >= 11 is 2.06. The van der Waals surface area contributed by atoms with Gasteiger partial charge in [-0.1, -0.05) is 6.92 Å². The number of nitrogens with one attached hydrogen (secondary N) is 4. The van der Waals surface area contributed by atoms with Crippen LogP contribution in [0.15, 0.2) is 93.0 Å². The van der Waals surface area contributed by atoms with Crippen molar-refractivity contribution in [3.05, 3.63) is 158 Å². The number of rotatable bonds is 18. The van der Waals surface area contributed by atoms with Gasteiger partial charge in [-0.3, -0.25) is 20.4 Å². The lowest BCUT2D eigenvalue weighted by Crippen LogP contribution is -2.25. The van der Waals surface area contributed by atoms with Gasteiger partial charge < -0.3 is 18.9 Å². The summed E-state index contributed by atoms with van der Waals surface area (Å²) < 4.78 is 61.0. The fourth-order valence-electron chi connectivity index (χ4n) is 7.62. The van der Waals surface area contributed by atoms with Gasteiger partial charge in [0.1, 0.15) is 26.4 Å². The number of aromatic nitrogens is 32. The van der Waals surface area contributed by atoms with Crippen LogP contribution in [0.1, 0.15) is 64.6 Å². The number of halogens is 1. The zero-order valence-corrected chi connectivity index (χ0v) is 48.6. The Morgan fingerprint density at radius 2 is 0.828 bits per heavy atom. The Hall–Kier alpha value is -11.4. The molecule has 448 valence electrons. The number of tetrazole rings is 4. The lowest BCUT2D eigenvalue weighted by Gasteiger charge is -2.11. The summed E-state index contributed by atoms with van der Waals surface area (Å²) in [6.07, 6.45) is 15.1. The van der Waals surface area contributed by atoms with Crippen molar-refractivity contribution < 1.29 is 24.6 Å². The zero-order chi connectivity index (χ0) is 64.5. The molecule has 1 saturated carbocycles. The largest absolute Gasteiger partial charge is 0.472 e. The monoisotopic (exact) mass is 1310 g/mol. The SMILES string of the molecule is [3H]n1ccc(OCc2c(C)cnnc2-n2nnn(C)c2=O)n1.[3H]n1ccc(OCc2c(C3CC3)cnnc2-n2nnn(C)c2=O)n1.[3H]n1ccc(OCc2c(CC)cnnc2-n2nnn(C)c2=O)n1.[3H]n1ccc(OCc2c(I)cnnc2-n2nnn(C)c2=O)n1. The molecule has 87 heavy (non-hydrogen) atoms. The summed E-state index contributed by atoms with van der Waals surface area (Å²) in [4.78, 5) is 48.1. The van der Waals surface area contributed by atoms with E-state index < -0.39 is 22.8 Å². The normalized spacial score (nSPS) is 12.3. The van der Waals surface area contributed by atoms with Gasteiger partial charge in [0, 0.05) is 97.5 Å². The smallest absolute Gasteiger partial charge is 0.369 e. The van der Waals surface area contributed by atoms with Gasteiger partial charge in [-0.2, -0.15) is 39.1 Å². The maximum atomic E-state index is 12.1. The van der Waals surface area contributed by atoms with Crippen LogP contribution in [-0.4, -0.2) is 161 Å². The van der Waals surface area contributed by atoms with Crippen LogP contribution in [0.4, 0.5) is 0 Å². The predicted molar refractivity (Wildman–Crippen MR) is 299 cm³/mol. The van der Waals surface area contributed by atoms with Crippen molar-refractivity contribution in [2.24, 2.45) is 28.2 Å². The Kier molecular flexibility index (Phi) is 16.5. The van der Waals surface area contributed by atoms with E-state index in [9.17, 15) is 19.2 Å². The Morgan fingerprint density at radius 3 is 1.21 bits per heavy atom. The summed E-state index contributed by atoms with van der Waals surface area (Å²) in [6, 6.07) is 6.28. The molecule has 0 unspecified atom stereocenters. The van der Waals surface area contributed by atoms with E-state index in [-0.39, 0.29) is 43.9 Å². The van der Waals surface area contributed by atoms with Crippen LogP contribution >= 0.6 is 22.6 Å².